The molecule has 4 rings (SSSR count). The number of ketones is 2. The SMILES string of the molecule is C=C1c2c(Cl)ccc(O)c2C(O)=C2C(=O)[C@]3(O)C(O)=C(C(N)=O)C(=O)C(N(C)C)C3C(O)C12. The molecule has 3 aliphatic carbocycles. The first-order chi connectivity index (χ1) is 15.3. The summed E-state index contributed by atoms with van der Waals surface area (Å²) in [5.41, 5.74) is 0.634. The first-order valence-corrected chi connectivity index (χ1v) is 10.2. The van der Waals surface area contributed by atoms with Gasteiger partial charge in [0.25, 0.3) is 5.91 Å². The predicted octanol–water partition coefficient (Wildman–Crippen LogP) is 0.0589. The van der Waals surface area contributed by atoms with Gasteiger partial charge in [-0.1, -0.05) is 18.2 Å². The molecule has 0 bridgehead atoms. The van der Waals surface area contributed by atoms with Crippen LogP contribution in [-0.2, 0) is 14.4 Å². The highest BCUT2D eigenvalue weighted by atomic mass is 35.5. The normalized spacial score (nSPS) is 31.5. The van der Waals surface area contributed by atoms with E-state index >= 15 is 0 Å². The Morgan fingerprint density at radius 3 is 2.33 bits per heavy atom. The van der Waals surface area contributed by atoms with Crippen molar-refractivity contribution in [1.29, 1.82) is 0 Å². The number of phenolic OH excluding ortho intramolecular Hbond substituents is 1. The molecule has 0 aromatic heterocycles. The lowest BCUT2D eigenvalue weighted by atomic mass is 9.55. The molecule has 1 amide bonds. The van der Waals surface area contributed by atoms with Crippen LogP contribution in [0.4, 0.5) is 0 Å². The second-order valence-corrected chi connectivity index (χ2v) is 8.96. The number of Topliss-reactive ketones (excluding diaryl/α,β-unsaturated/α-hetero) is 2. The quantitative estimate of drug-likeness (QED) is 0.321. The summed E-state index contributed by atoms with van der Waals surface area (Å²) in [6.07, 6.45) is -1.75. The summed E-state index contributed by atoms with van der Waals surface area (Å²) in [4.78, 5) is 39.9. The van der Waals surface area contributed by atoms with Crippen molar-refractivity contribution in [3.8, 4) is 5.75 Å². The Kier molecular flexibility index (Phi) is 4.99. The average Bonchev–Trinajstić information content (AvgIpc) is 2.72. The molecule has 0 aliphatic heterocycles. The van der Waals surface area contributed by atoms with Crippen molar-refractivity contribution in [2.45, 2.75) is 17.7 Å². The lowest BCUT2D eigenvalue weighted by molar-refractivity contribution is -0.166. The highest BCUT2D eigenvalue weighted by Crippen LogP contribution is 2.56. The summed E-state index contributed by atoms with van der Waals surface area (Å²) in [5, 5.41) is 55.0. The Balaban J connectivity index is 2.10. The second kappa shape index (κ2) is 7.16. The number of aliphatic hydroxyl groups excluding tert-OH is 3. The lowest BCUT2D eigenvalue weighted by Gasteiger charge is -2.52. The third kappa shape index (κ3) is 2.69. The zero-order valence-corrected chi connectivity index (χ0v) is 18.3. The average molecular weight is 477 g/mol. The maximum Gasteiger partial charge on any atom is 0.255 e. The van der Waals surface area contributed by atoms with E-state index in [1.165, 1.54) is 31.1 Å². The Hall–Kier alpha value is -3.18. The minimum atomic E-state index is -2.97. The van der Waals surface area contributed by atoms with Crippen molar-refractivity contribution in [3.63, 3.8) is 0 Å². The minimum Gasteiger partial charge on any atom is -0.508 e. The highest BCUT2D eigenvalue weighted by molar-refractivity contribution is 6.33. The molecule has 10 nitrogen and oxygen atoms in total. The molecule has 33 heavy (non-hydrogen) atoms. The van der Waals surface area contributed by atoms with Gasteiger partial charge >= 0.3 is 0 Å². The van der Waals surface area contributed by atoms with E-state index in [9.17, 15) is 39.9 Å². The molecule has 3 aliphatic rings. The summed E-state index contributed by atoms with van der Waals surface area (Å²) in [5.74, 6) is -9.18. The van der Waals surface area contributed by atoms with Crippen molar-refractivity contribution >= 4 is 40.4 Å². The van der Waals surface area contributed by atoms with E-state index in [-0.39, 0.29) is 21.7 Å². The Morgan fingerprint density at radius 2 is 1.79 bits per heavy atom. The number of primary amides is 1. The van der Waals surface area contributed by atoms with E-state index < -0.39 is 75.5 Å². The van der Waals surface area contributed by atoms with Gasteiger partial charge in [-0.25, -0.2) is 0 Å². The molecule has 0 saturated heterocycles. The van der Waals surface area contributed by atoms with Gasteiger partial charge < -0.3 is 31.3 Å². The molecule has 0 radical (unpaired) electrons. The summed E-state index contributed by atoms with van der Waals surface area (Å²) in [7, 11) is 2.84. The minimum absolute atomic E-state index is 0.0516. The van der Waals surface area contributed by atoms with Crippen LogP contribution in [0.25, 0.3) is 11.3 Å². The van der Waals surface area contributed by atoms with Gasteiger partial charge in [0.15, 0.2) is 11.4 Å². The van der Waals surface area contributed by atoms with Crippen LogP contribution in [0.5, 0.6) is 5.75 Å². The molecule has 11 heteroatoms. The highest BCUT2D eigenvalue weighted by Gasteiger charge is 2.68. The Labute approximate surface area is 192 Å². The molecule has 0 heterocycles. The lowest BCUT2D eigenvalue weighted by Crippen LogP contribution is -2.70. The number of likely N-dealkylation sites (N-methyl/N-ethyl adjacent to an activating group) is 1. The number of nitrogens with two attached hydrogens (primary N) is 1. The first kappa shape index (κ1) is 23.0. The number of rotatable bonds is 2. The van der Waals surface area contributed by atoms with Gasteiger partial charge in [0, 0.05) is 16.5 Å². The molecule has 0 spiro atoms. The number of carbonyl (C=O) groups excluding carboxylic acids is 3. The number of amides is 1. The molecule has 1 fully saturated rings. The largest absolute Gasteiger partial charge is 0.508 e. The second-order valence-electron chi connectivity index (χ2n) is 8.55. The molecule has 4 unspecified atom stereocenters. The number of aliphatic hydroxyl groups is 4. The monoisotopic (exact) mass is 476 g/mol. The van der Waals surface area contributed by atoms with Gasteiger partial charge in [-0.05, 0) is 31.8 Å². The zero-order chi connectivity index (χ0) is 24.7. The van der Waals surface area contributed by atoms with Gasteiger partial charge in [-0.15, -0.1) is 0 Å². The molecule has 1 aromatic rings. The fourth-order valence-electron chi connectivity index (χ4n) is 5.26. The summed E-state index contributed by atoms with van der Waals surface area (Å²) in [6, 6.07) is 1.08. The number of nitrogens with zero attached hydrogens (tertiary/aromatic N) is 1. The number of halogens is 1. The number of phenols is 1. The van der Waals surface area contributed by atoms with Crippen LogP contribution in [0.1, 0.15) is 11.1 Å². The standard InChI is InChI=1S/C22H21ClN2O8/c1-6-9-7(23)4-5-8(26)11(9)16(27)12-10(6)17(28)14-15(25(2)3)18(29)13(21(24)32)20(31)22(14,33)19(12)30/h4-5,10,14-15,17,26-28,31,33H,1H2,2-3H3,(H2,24,32)/t10?,14?,15?,17?,22-/m0/s1. The van der Waals surface area contributed by atoms with Crippen molar-refractivity contribution in [3.05, 3.63) is 51.8 Å². The molecular formula is C22H21ClN2O8. The molecule has 5 atom stereocenters. The topological polar surface area (TPSA) is 182 Å². The fourth-order valence-corrected chi connectivity index (χ4v) is 5.54. The van der Waals surface area contributed by atoms with Crippen LogP contribution in [0.15, 0.2) is 35.6 Å². The van der Waals surface area contributed by atoms with E-state index in [1.807, 2.05) is 0 Å². The molecule has 7 N–H and O–H groups in total. The van der Waals surface area contributed by atoms with Gasteiger partial charge in [-0.3, -0.25) is 19.3 Å². The van der Waals surface area contributed by atoms with E-state index in [1.54, 1.807) is 0 Å². The maximum atomic E-state index is 13.7. The van der Waals surface area contributed by atoms with Gasteiger partial charge in [0.1, 0.15) is 22.8 Å². The van der Waals surface area contributed by atoms with Crippen LogP contribution in [0, 0.1) is 11.8 Å². The summed E-state index contributed by atoms with van der Waals surface area (Å²) >= 11 is 6.25. The van der Waals surface area contributed by atoms with E-state index in [4.69, 9.17) is 17.3 Å². The first-order valence-electron chi connectivity index (χ1n) is 9.81. The van der Waals surface area contributed by atoms with Crippen LogP contribution in [0.3, 0.4) is 0 Å². The van der Waals surface area contributed by atoms with Crippen molar-refractivity contribution in [1.82, 2.24) is 4.90 Å². The molecule has 1 saturated carbocycles. The third-order valence-corrected chi connectivity index (χ3v) is 6.99. The Morgan fingerprint density at radius 1 is 1.18 bits per heavy atom. The molecule has 174 valence electrons. The van der Waals surface area contributed by atoms with Gasteiger partial charge in [-0.2, -0.15) is 0 Å². The number of benzene rings is 1. The van der Waals surface area contributed by atoms with Crippen LogP contribution >= 0.6 is 11.6 Å². The zero-order valence-electron chi connectivity index (χ0n) is 17.5. The number of hydrogen-bond donors (Lipinski definition) is 6. The number of hydrogen-bond acceptors (Lipinski definition) is 9. The Bertz CT molecular complexity index is 1230. The van der Waals surface area contributed by atoms with Crippen LogP contribution < -0.4 is 5.73 Å². The smallest absolute Gasteiger partial charge is 0.255 e. The van der Waals surface area contributed by atoms with Crippen molar-refractivity contribution in [2.75, 3.05) is 14.1 Å². The van der Waals surface area contributed by atoms with Gasteiger partial charge in [0.05, 0.1) is 29.2 Å². The van der Waals surface area contributed by atoms with E-state index in [0.29, 0.717) is 0 Å². The van der Waals surface area contributed by atoms with E-state index in [0.717, 1.165) is 0 Å². The number of aromatic hydroxyl groups is 1. The number of carbonyl (C=O) groups is 3. The van der Waals surface area contributed by atoms with Crippen molar-refractivity contribution in [2.24, 2.45) is 17.6 Å². The summed E-state index contributed by atoms with van der Waals surface area (Å²) < 4.78 is 0. The van der Waals surface area contributed by atoms with Crippen LogP contribution in [-0.4, -0.2) is 79.7 Å². The predicted molar refractivity (Wildman–Crippen MR) is 116 cm³/mol. The molecular weight excluding hydrogens is 456 g/mol. The van der Waals surface area contributed by atoms with Crippen molar-refractivity contribution < 1.29 is 39.9 Å². The molecule has 1 aromatic carbocycles. The summed E-state index contributed by atoms with van der Waals surface area (Å²) in [6.45, 7) is 3.89. The third-order valence-electron chi connectivity index (χ3n) is 6.67. The fraction of sp³-hybridized carbons (Fsp3) is 0.318. The maximum absolute atomic E-state index is 13.7. The van der Waals surface area contributed by atoms with E-state index in [2.05, 4.69) is 6.58 Å². The van der Waals surface area contributed by atoms with Gasteiger partial charge in [0.2, 0.25) is 5.78 Å². The number of fused-ring (bicyclic) bond motifs is 3. The van der Waals surface area contributed by atoms with Crippen LogP contribution in [0.2, 0.25) is 5.02 Å².